The largest absolute Gasteiger partial charge is 0.463 e. The maximum Gasteiger partial charge on any atom is 0.336 e. The first-order valence-corrected chi connectivity index (χ1v) is 10.6. The minimum Gasteiger partial charge on any atom is -0.463 e. The molecule has 3 rings (SSSR count). The van der Waals surface area contributed by atoms with Crippen LogP contribution in [-0.2, 0) is 20.9 Å². The zero-order chi connectivity index (χ0) is 22.5. The van der Waals surface area contributed by atoms with Gasteiger partial charge in [0, 0.05) is 29.7 Å². The molecule has 2 aromatic rings. The van der Waals surface area contributed by atoms with Crippen molar-refractivity contribution >= 4 is 11.9 Å². The summed E-state index contributed by atoms with van der Waals surface area (Å²) in [6.45, 7) is 5.80. The van der Waals surface area contributed by atoms with Gasteiger partial charge in [-0.2, -0.15) is 0 Å². The van der Waals surface area contributed by atoms with E-state index < -0.39 is 23.5 Å². The average molecular weight is 427 g/mol. The molecule has 0 radical (unpaired) electrons. The summed E-state index contributed by atoms with van der Waals surface area (Å²) >= 11 is 0. The molecule has 0 aromatic heterocycles. The van der Waals surface area contributed by atoms with E-state index in [0.29, 0.717) is 24.1 Å². The van der Waals surface area contributed by atoms with Crippen LogP contribution in [0.5, 0.6) is 0 Å². The highest BCUT2D eigenvalue weighted by atomic mass is 19.1. The summed E-state index contributed by atoms with van der Waals surface area (Å²) in [6, 6.07) is 11.0. The Labute approximate surface area is 181 Å². The van der Waals surface area contributed by atoms with Crippen LogP contribution in [0.1, 0.15) is 55.7 Å². The molecular weight excluding hydrogens is 400 g/mol. The van der Waals surface area contributed by atoms with Crippen LogP contribution >= 0.6 is 0 Å². The molecule has 6 heteroatoms. The van der Waals surface area contributed by atoms with Gasteiger partial charge in [-0.1, -0.05) is 49.2 Å². The van der Waals surface area contributed by atoms with E-state index in [1.807, 2.05) is 38.1 Å². The number of hydrogen-bond acceptors (Lipinski definition) is 3. The highest BCUT2D eigenvalue weighted by molar-refractivity contribution is 5.96. The second-order valence-corrected chi connectivity index (χ2v) is 7.71. The molecule has 4 nitrogen and oxygen atoms in total. The van der Waals surface area contributed by atoms with Crippen molar-refractivity contribution in [3.05, 3.63) is 82.1 Å². The number of carbonyl (C=O) groups is 2. The Bertz CT molecular complexity index is 998. The van der Waals surface area contributed by atoms with Gasteiger partial charge in [0.1, 0.15) is 11.6 Å². The van der Waals surface area contributed by atoms with Crippen LogP contribution in [0.4, 0.5) is 8.78 Å². The molecule has 1 unspecified atom stereocenters. The van der Waals surface area contributed by atoms with Crippen LogP contribution in [-0.4, -0.2) is 23.4 Å². The first-order valence-electron chi connectivity index (χ1n) is 10.6. The topological polar surface area (TPSA) is 46.6 Å². The molecule has 0 saturated carbocycles. The number of allylic oxidation sites excluding steroid dienone is 1. The van der Waals surface area contributed by atoms with Crippen molar-refractivity contribution in [2.45, 2.75) is 52.5 Å². The van der Waals surface area contributed by atoms with Crippen molar-refractivity contribution in [1.82, 2.24) is 4.90 Å². The molecule has 0 bridgehead atoms. The molecule has 1 aliphatic rings. The number of rotatable bonds is 7. The quantitative estimate of drug-likeness (QED) is 0.556. The Balaban J connectivity index is 2.11. The number of esters is 1. The fraction of sp³-hybridized carbons (Fsp3) is 0.360. The summed E-state index contributed by atoms with van der Waals surface area (Å²) in [7, 11) is 0. The van der Waals surface area contributed by atoms with E-state index in [1.165, 1.54) is 11.0 Å². The lowest BCUT2D eigenvalue weighted by molar-refractivity contribution is -0.140. The average Bonchev–Trinajstić information content (AvgIpc) is 2.72. The highest BCUT2D eigenvalue weighted by Crippen LogP contribution is 2.39. The normalized spacial score (nSPS) is 16.6. The van der Waals surface area contributed by atoms with E-state index in [1.54, 1.807) is 6.92 Å². The molecule has 0 saturated heterocycles. The molecule has 0 aliphatic carbocycles. The van der Waals surface area contributed by atoms with Crippen LogP contribution in [0.2, 0.25) is 0 Å². The number of ether oxygens (including phenoxy) is 1. The Hall–Kier alpha value is -3.02. The summed E-state index contributed by atoms with van der Waals surface area (Å²) in [6.07, 6.45) is 1.23. The van der Waals surface area contributed by atoms with Gasteiger partial charge in [0.2, 0.25) is 5.91 Å². The van der Waals surface area contributed by atoms with E-state index in [-0.39, 0.29) is 31.0 Å². The molecule has 31 heavy (non-hydrogen) atoms. The van der Waals surface area contributed by atoms with Crippen molar-refractivity contribution in [3.63, 3.8) is 0 Å². The van der Waals surface area contributed by atoms with Gasteiger partial charge in [0.25, 0.3) is 0 Å². The highest BCUT2D eigenvalue weighted by Gasteiger charge is 2.38. The van der Waals surface area contributed by atoms with Crippen LogP contribution in [0, 0.1) is 18.6 Å². The number of nitrogens with zero attached hydrogens (tertiary/aromatic N) is 1. The monoisotopic (exact) mass is 427 g/mol. The fourth-order valence-corrected chi connectivity index (χ4v) is 3.95. The molecule has 1 amide bonds. The summed E-state index contributed by atoms with van der Waals surface area (Å²) < 4.78 is 33.0. The first kappa shape index (κ1) is 22.7. The van der Waals surface area contributed by atoms with Crippen molar-refractivity contribution in [2.24, 2.45) is 0 Å². The number of hydrogen-bond donors (Lipinski definition) is 0. The number of halogens is 2. The van der Waals surface area contributed by atoms with Crippen LogP contribution in [0.3, 0.4) is 0 Å². The Morgan fingerprint density at radius 2 is 1.84 bits per heavy atom. The molecule has 0 N–H and O–H groups in total. The van der Waals surface area contributed by atoms with E-state index >= 15 is 0 Å². The van der Waals surface area contributed by atoms with Crippen molar-refractivity contribution in [2.75, 3.05) is 6.61 Å². The van der Waals surface area contributed by atoms with E-state index in [0.717, 1.165) is 23.3 Å². The Kier molecular flexibility index (Phi) is 7.21. The fourth-order valence-electron chi connectivity index (χ4n) is 3.95. The second kappa shape index (κ2) is 9.86. The predicted molar refractivity (Wildman–Crippen MR) is 114 cm³/mol. The van der Waals surface area contributed by atoms with Gasteiger partial charge in [-0.15, -0.1) is 0 Å². The van der Waals surface area contributed by atoms with Crippen LogP contribution < -0.4 is 0 Å². The third-order valence-electron chi connectivity index (χ3n) is 5.47. The van der Waals surface area contributed by atoms with Gasteiger partial charge in [-0.05, 0) is 31.9 Å². The van der Waals surface area contributed by atoms with Gasteiger partial charge in [0.15, 0.2) is 0 Å². The van der Waals surface area contributed by atoms with E-state index in [2.05, 4.69) is 0 Å². The van der Waals surface area contributed by atoms with E-state index in [4.69, 9.17) is 4.74 Å². The van der Waals surface area contributed by atoms with Crippen molar-refractivity contribution in [3.8, 4) is 0 Å². The maximum absolute atomic E-state index is 14.3. The molecule has 1 aliphatic heterocycles. The molecule has 1 heterocycles. The molecular formula is C25H27F2NO3. The first-order chi connectivity index (χ1) is 14.8. The lowest BCUT2D eigenvalue weighted by Gasteiger charge is -2.36. The zero-order valence-electron chi connectivity index (χ0n) is 18.1. The lowest BCUT2D eigenvalue weighted by Crippen LogP contribution is -2.39. The zero-order valence-corrected chi connectivity index (χ0v) is 18.1. The van der Waals surface area contributed by atoms with Gasteiger partial charge < -0.3 is 9.64 Å². The Morgan fingerprint density at radius 3 is 2.45 bits per heavy atom. The minimum absolute atomic E-state index is 0.0657. The smallest absolute Gasteiger partial charge is 0.336 e. The molecule has 164 valence electrons. The van der Waals surface area contributed by atoms with Gasteiger partial charge in [-0.3, -0.25) is 4.79 Å². The maximum atomic E-state index is 14.3. The van der Waals surface area contributed by atoms with Gasteiger partial charge in [0.05, 0.1) is 18.7 Å². The molecule has 1 atom stereocenters. The number of aryl methyl sites for hydroxylation is 1. The number of benzene rings is 2. The summed E-state index contributed by atoms with van der Waals surface area (Å²) in [5.41, 5.74) is 3.12. The second-order valence-electron chi connectivity index (χ2n) is 7.71. The molecule has 2 aromatic carbocycles. The van der Waals surface area contributed by atoms with Crippen LogP contribution in [0.25, 0.3) is 0 Å². The predicted octanol–water partition coefficient (Wildman–Crippen LogP) is 5.41. The van der Waals surface area contributed by atoms with E-state index in [9.17, 15) is 18.4 Å². The lowest BCUT2D eigenvalue weighted by atomic mass is 9.82. The summed E-state index contributed by atoms with van der Waals surface area (Å²) in [4.78, 5) is 27.6. The van der Waals surface area contributed by atoms with Gasteiger partial charge >= 0.3 is 5.97 Å². The number of amides is 1. The van der Waals surface area contributed by atoms with Gasteiger partial charge in [-0.25, -0.2) is 13.6 Å². The third-order valence-corrected chi connectivity index (χ3v) is 5.47. The minimum atomic E-state index is -0.720. The molecule has 0 fully saturated rings. The SMILES string of the molecule is CCCC1=C(C(=O)OCC)C(c2ccc(C)cc2)CC(=O)N1Cc1ccc(F)cc1F. The summed E-state index contributed by atoms with van der Waals surface area (Å²) in [5, 5.41) is 0. The standard InChI is InChI=1S/C25H27F2NO3/c1-4-6-22-24(25(30)31-5-2)20(17-9-7-16(3)8-10-17)14-23(29)28(22)15-18-11-12-19(26)13-21(18)27/h7-13,20H,4-6,14-15H2,1-3H3. The third kappa shape index (κ3) is 5.01. The number of carbonyl (C=O) groups excluding carboxylic acids is 2. The Morgan fingerprint density at radius 1 is 1.13 bits per heavy atom. The van der Waals surface area contributed by atoms with Crippen molar-refractivity contribution < 1.29 is 23.1 Å². The van der Waals surface area contributed by atoms with Crippen LogP contribution in [0.15, 0.2) is 53.7 Å². The summed E-state index contributed by atoms with van der Waals surface area (Å²) in [5.74, 6) is -2.49. The van der Waals surface area contributed by atoms with Crippen molar-refractivity contribution in [1.29, 1.82) is 0 Å². The molecule has 0 spiro atoms.